The van der Waals surface area contributed by atoms with Crippen molar-refractivity contribution in [2.75, 3.05) is 26.2 Å². The molecule has 0 bridgehead atoms. The number of sulfonamides is 1. The number of rotatable bonds is 7. The average molecular weight is 415 g/mol. The third-order valence-electron chi connectivity index (χ3n) is 4.35. The van der Waals surface area contributed by atoms with Gasteiger partial charge in [-0.05, 0) is 43.5 Å². The zero-order chi connectivity index (χ0) is 20.7. The molecule has 1 atom stereocenters. The van der Waals surface area contributed by atoms with Gasteiger partial charge in [0.15, 0.2) is 0 Å². The summed E-state index contributed by atoms with van der Waals surface area (Å²) in [6.45, 7) is 4.20. The van der Waals surface area contributed by atoms with E-state index in [1.807, 2.05) is 6.92 Å². The fraction of sp³-hybridized carbons (Fsp3) is 0.556. The van der Waals surface area contributed by atoms with Crippen LogP contribution < -0.4 is 10.6 Å². The maximum Gasteiger partial charge on any atom is 0.309 e. The molecule has 1 fully saturated rings. The molecule has 2 rings (SSSR count). The second-order valence-corrected chi connectivity index (χ2v) is 8.42. The number of halogens is 1. The lowest BCUT2D eigenvalue weighted by molar-refractivity contribution is -0.140. The molecule has 1 aromatic rings. The van der Waals surface area contributed by atoms with Crippen LogP contribution in [0.25, 0.3) is 0 Å². The molecule has 1 saturated heterocycles. The Labute approximate surface area is 164 Å². The van der Waals surface area contributed by atoms with Crippen LogP contribution >= 0.6 is 0 Å². The van der Waals surface area contributed by atoms with Gasteiger partial charge in [-0.1, -0.05) is 13.3 Å². The lowest BCUT2D eigenvalue weighted by Gasteiger charge is -2.34. The number of benzene rings is 1. The molecule has 1 aliphatic rings. The van der Waals surface area contributed by atoms with Gasteiger partial charge < -0.3 is 15.4 Å². The van der Waals surface area contributed by atoms with Gasteiger partial charge in [0.05, 0.1) is 18.0 Å². The molecule has 0 spiro atoms. The molecule has 1 aromatic carbocycles. The first kappa shape index (κ1) is 22.3. The van der Waals surface area contributed by atoms with Gasteiger partial charge >= 0.3 is 11.8 Å². The first-order valence-electron chi connectivity index (χ1n) is 9.23. The van der Waals surface area contributed by atoms with Crippen molar-refractivity contribution >= 4 is 21.8 Å². The molecule has 10 heteroatoms. The molecule has 0 unspecified atom stereocenters. The third kappa shape index (κ3) is 5.49. The Balaban J connectivity index is 2.06. The number of aryl methyl sites for hydroxylation is 1. The second-order valence-electron chi connectivity index (χ2n) is 6.53. The minimum absolute atomic E-state index is 0.0504. The summed E-state index contributed by atoms with van der Waals surface area (Å²) in [4.78, 5) is 23.6. The molecule has 28 heavy (non-hydrogen) atoms. The lowest BCUT2D eigenvalue weighted by Crippen LogP contribution is -2.53. The molecule has 1 heterocycles. The minimum atomic E-state index is -3.95. The smallest absolute Gasteiger partial charge is 0.309 e. The molecule has 0 radical (unpaired) electrons. The van der Waals surface area contributed by atoms with Crippen LogP contribution in [0.4, 0.5) is 4.39 Å². The van der Waals surface area contributed by atoms with Crippen molar-refractivity contribution in [1.29, 1.82) is 0 Å². The van der Waals surface area contributed by atoms with E-state index in [1.165, 1.54) is 19.1 Å². The topological polar surface area (TPSA) is 105 Å². The predicted octanol–water partition coefficient (Wildman–Crippen LogP) is 0.904. The van der Waals surface area contributed by atoms with Crippen LogP contribution in [-0.2, 0) is 24.3 Å². The highest BCUT2D eigenvalue weighted by molar-refractivity contribution is 7.89. The molecule has 156 valence electrons. The Morgan fingerprint density at radius 1 is 1.29 bits per heavy atom. The van der Waals surface area contributed by atoms with Gasteiger partial charge in [-0.15, -0.1) is 0 Å². The fourth-order valence-electron chi connectivity index (χ4n) is 2.73. The van der Waals surface area contributed by atoms with Crippen LogP contribution in [0.1, 0.15) is 31.7 Å². The predicted molar refractivity (Wildman–Crippen MR) is 100 cm³/mol. The Hall–Kier alpha value is -2.04. The van der Waals surface area contributed by atoms with Gasteiger partial charge in [-0.25, -0.2) is 12.8 Å². The Morgan fingerprint density at radius 2 is 2.00 bits per heavy atom. The summed E-state index contributed by atoms with van der Waals surface area (Å²) in [6, 6.07) is 3.56. The van der Waals surface area contributed by atoms with E-state index in [0.29, 0.717) is 19.6 Å². The van der Waals surface area contributed by atoms with E-state index in [-0.39, 0.29) is 23.5 Å². The third-order valence-corrected chi connectivity index (χ3v) is 6.23. The largest absolute Gasteiger partial charge is 0.360 e. The fourth-order valence-corrected chi connectivity index (χ4v) is 4.39. The van der Waals surface area contributed by atoms with Gasteiger partial charge in [-0.2, -0.15) is 4.31 Å². The standard InChI is InChI=1S/C18H26FN3O5S/c1-3-4-8-20-17(23)18(24)21-12-16-22(9-5-10-27-16)28(25,26)14-6-7-15(19)13(2)11-14/h6-7,11,16H,3-5,8-10,12H2,1-2H3,(H,20,23)(H,21,24)/t16-/m1/s1. The summed E-state index contributed by atoms with van der Waals surface area (Å²) < 4.78 is 46.0. The number of carbonyl (C=O) groups excluding carboxylic acids is 2. The number of amides is 2. The maximum absolute atomic E-state index is 13.5. The highest BCUT2D eigenvalue weighted by atomic mass is 32.2. The number of hydrogen-bond donors (Lipinski definition) is 2. The number of carbonyl (C=O) groups is 2. The van der Waals surface area contributed by atoms with E-state index in [0.717, 1.165) is 23.2 Å². The van der Waals surface area contributed by atoms with Gasteiger partial charge in [0, 0.05) is 13.1 Å². The van der Waals surface area contributed by atoms with E-state index in [2.05, 4.69) is 10.6 Å². The monoisotopic (exact) mass is 415 g/mol. The van der Waals surface area contributed by atoms with Crippen LogP contribution in [0, 0.1) is 12.7 Å². The molecule has 2 amide bonds. The van der Waals surface area contributed by atoms with Gasteiger partial charge in [0.2, 0.25) is 10.0 Å². The summed E-state index contributed by atoms with van der Waals surface area (Å²) in [7, 11) is -3.95. The molecular formula is C18H26FN3O5S. The molecular weight excluding hydrogens is 389 g/mol. The first-order valence-corrected chi connectivity index (χ1v) is 10.7. The van der Waals surface area contributed by atoms with Crippen LogP contribution in [0.5, 0.6) is 0 Å². The van der Waals surface area contributed by atoms with E-state index >= 15 is 0 Å². The van der Waals surface area contributed by atoms with Gasteiger partial charge in [-0.3, -0.25) is 9.59 Å². The van der Waals surface area contributed by atoms with Crippen LogP contribution in [0.2, 0.25) is 0 Å². The Morgan fingerprint density at radius 3 is 2.68 bits per heavy atom. The lowest BCUT2D eigenvalue weighted by atomic mass is 10.2. The minimum Gasteiger partial charge on any atom is -0.360 e. The summed E-state index contributed by atoms with van der Waals surface area (Å²) in [5.74, 6) is -2.11. The SMILES string of the molecule is CCCCNC(=O)C(=O)NC[C@H]1OCCCN1S(=O)(=O)c1ccc(F)c(C)c1. The van der Waals surface area contributed by atoms with Gasteiger partial charge in [0.1, 0.15) is 12.0 Å². The number of unbranched alkanes of at least 4 members (excludes halogenated alkanes) is 1. The van der Waals surface area contributed by atoms with Crippen molar-refractivity contribution in [3.8, 4) is 0 Å². The molecule has 2 N–H and O–H groups in total. The zero-order valence-corrected chi connectivity index (χ0v) is 16.9. The number of nitrogens with zero attached hydrogens (tertiary/aromatic N) is 1. The second kappa shape index (κ2) is 9.94. The Kier molecular flexibility index (Phi) is 7.90. The van der Waals surface area contributed by atoms with Crippen molar-refractivity contribution in [2.24, 2.45) is 0 Å². The number of hydrogen-bond acceptors (Lipinski definition) is 5. The summed E-state index contributed by atoms with van der Waals surface area (Å²) >= 11 is 0. The van der Waals surface area contributed by atoms with Crippen LogP contribution in [-0.4, -0.2) is 57.0 Å². The first-order chi connectivity index (χ1) is 13.3. The van der Waals surface area contributed by atoms with Crippen molar-refractivity contribution in [3.63, 3.8) is 0 Å². The van der Waals surface area contributed by atoms with Crippen LogP contribution in [0.15, 0.2) is 23.1 Å². The maximum atomic E-state index is 13.5. The summed E-state index contributed by atoms with van der Waals surface area (Å²) in [5.41, 5.74) is 0.215. The van der Waals surface area contributed by atoms with E-state index < -0.39 is 33.9 Å². The molecule has 0 aromatic heterocycles. The van der Waals surface area contributed by atoms with Crippen LogP contribution in [0.3, 0.4) is 0 Å². The van der Waals surface area contributed by atoms with Crippen molar-refractivity contribution in [3.05, 3.63) is 29.6 Å². The van der Waals surface area contributed by atoms with E-state index in [9.17, 15) is 22.4 Å². The molecule has 8 nitrogen and oxygen atoms in total. The normalized spacial score (nSPS) is 17.9. The highest BCUT2D eigenvalue weighted by Gasteiger charge is 2.35. The molecule has 1 aliphatic heterocycles. The van der Waals surface area contributed by atoms with E-state index in [4.69, 9.17) is 4.74 Å². The Bertz CT molecular complexity index is 815. The molecule has 0 aliphatic carbocycles. The van der Waals surface area contributed by atoms with Crippen molar-refractivity contribution < 1.29 is 27.1 Å². The van der Waals surface area contributed by atoms with Crippen molar-refractivity contribution in [2.45, 2.75) is 44.2 Å². The quantitative estimate of drug-likeness (QED) is 0.509. The highest BCUT2D eigenvalue weighted by Crippen LogP contribution is 2.23. The van der Waals surface area contributed by atoms with E-state index in [1.54, 1.807) is 0 Å². The number of ether oxygens (including phenoxy) is 1. The average Bonchev–Trinajstić information content (AvgIpc) is 2.68. The molecule has 0 saturated carbocycles. The summed E-state index contributed by atoms with van der Waals surface area (Å²) in [5, 5.41) is 4.90. The number of nitrogens with one attached hydrogen (secondary N) is 2. The van der Waals surface area contributed by atoms with Gasteiger partial charge in [0.25, 0.3) is 0 Å². The van der Waals surface area contributed by atoms with Crippen molar-refractivity contribution in [1.82, 2.24) is 14.9 Å². The zero-order valence-electron chi connectivity index (χ0n) is 16.0. The summed E-state index contributed by atoms with van der Waals surface area (Å²) in [6.07, 6.45) is 1.18.